The first-order valence-corrected chi connectivity index (χ1v) is 14.2. The maximum absolute atomic E-state index is 6.38. The lowest BCUT2D eigenvalue weighted by Crippen LogP contribution is -2.43. The molecule has 1 aliphatic rings. The van der Waals surface area contributed by atoms with Crippen LogP contribution < -0.4 is 0 Å². The Hall–Kier alpha value is 0.314. The van der Waals surface area contributed by atoms with Gasteiger partial charge in [0.05, 0.1) is 11.5 Å². The van der Waals surface area contributed by atoms with Gasteiger partial charge in [0.15, 0.2) is 22.4 Å². The second-order valence-corrected chi connectivity index (χ2v) is 16.8. The zero-order valence-electron chi connectivity index (χ0n) is 14.2. The van der Waals surface area contributed by atoms with Crippen LogP contribution in [-0.4, -0.2) is 35.1 Å². The Balaban J connectivity index is 2.83. The van der Waals surface area contributed by atoms with Crippen molar-refractivity contribution in [3.63, 3.8) is 0 Å². The summed E-state index contributed by atoms with van der Waals surface area (Å²) in [6.07, 6.45) is 1.13. The van der Waals surface area contributed by atoms with Crippen LogP contribution in [0.1, 0.15) is 27.2 Å². The normalized spacial score (nSPS) is 33.3. The van der Waals surface area contributed by atoms with Crippen LogP contribution in [0.2, 0.25) is 39.3 Å². The van der Waals surface area contributed by atoms with Crippen LogP contribution in [0.15, 0.2) is 0 Å². The van der Waals surface area contributed by atoms with Gasteiger partial charge in [-0.25, -0.2) is 0 Å². The lowest BCUT2D eigenvalue weighted by atomic mass is 10.0. The Labute approximate surface area is 121 Å². The molecule has 1 saturated carbocycles. The number of ether oxygens (including phenoxy) is 1. The second-order valence-electron chi connectivity index (χ2n) is 7.87. The minimum atomic E-state index is -1.63. The van der Waals surface area contributed by atoms with Crippen LogP contribution in [0.4, 0.5) is 0 Å². The molecule has 0 N–H and O–H groups in total. The van der Waals surface area contributed by atoms with Gasteiger partial charge < -0.3 is 13.6 Å². The topological polar surface area (TPSA) is 27.7 Å². The van der Waals surface area contributed by atoms with E-state index in [0.29, 0.717) is 6.61 Å². The summed E-state index contributed by atoms with van der Waals surface area (Å²) in [5.74, 6) is -0.411. The summed E-state index contributed by atoms with van der Waals surface area (Å²) in [6, 6.07) is 0. The molecule has 1 fully saturated rings. The number of hydrogen-bond donors (Lipinski definition) is 0. The summed E-state index contributed by atoms with van der Waals surface area (Å²) in [5.41, 5.74) is -0.0103. The van der Waals surface area contributed by atoms with Crippen molar-refractivity contribution in [2.24, 2.45) is 5.41 Å². The van der Waals surface area contributed by atoms with Crippen molar-refractivity contribution in [3.05, 3.63) is 0 Å². The maximum Gasteiger partial charge on any atom is 0.187 e. The number of hydrogen-bond acceptors (Lipinski definition) is 3. The van der Waals surface area contributed by atoms with E-state index in [-0.39, 0.29) is 11.5 Å². The van der Waals surface area contributed by atoms with Crippen LogP contribution >= 0.6 is 0 Å². The highest BCUT2D eigenvalue weighted by Gasteiger charge is 2.71. The molecule has 114 valence electrons. The van der Waals surface area contributed by atoms with Crippen molar-refractivity contribution in [3.8, 4) is 0 Å². The van der Waals surface area contributed by atoms with Crippen molar-refractivity contribution in [1.29, 1.82) is 0 Å². The Morgan fingerprint density at radius 1 is 1.05 bits per heavy atom. The average molecular weight is 305 g/mol. The second kappa shape index (κ2) is 5.26. The van der Waals surface area contributed by atoms with Gasteiger partial charge in [-0.1, -0.05) is 6.92 Å². The first-order chi connectivity index (χ1) is 8.35. The maximum atomic E-state index is 6.38. The fourth-order valence-corrected chi connectivity index (χ4v) is 5.35. The summed E-state index contributed by atoms with van der Waals surface area (Å²) >= 11 is 0. The lowest BCUT2D eigenvalue weighted by molar-refractivity contribution is -0.146. The molecule has 0 bridgehead atoms. The molecule has 3 unspecified atom stereocenters. The van der Waals surface area contributed by atoms with Crippen molar-refractivity contribution in [2.75, 3.05) is 6.61 Å². The molecule has 0 spiro atoms. The Morgan fingerprint density at radius 3 is 1.95 bits per heavy atom. The van der Waals surface area contributed by atoms with Gasteiger partial charge in [-0.05, 0) is 53.1 Å². The molecule has 0 aromatic rings. The molecule has 0 amide bonds. The summed E-state index contributed by atoms with van der Waals surface area (Å²) in [5, 5.41) is 0. The highest BCUT2D eigenvalue weighted by atomic mass is 28.4. The summed E-state index contributed by atoms with van der Waals surface area (Å²) < 4.78 is 18.7. The third-order valence-electron chi connectivity index (χ3n) is 3.62. The SMILES string of the molecule is CCOC1(O[Si](C)(C)C)CC1(C)C(C)O[Si](C)(C)C. The van der Waals surface area contributed by atoms with E-state index in [1.807, 2.05) is 6.92 Å². The highest BCUT2D eigenvalue weighted by molar-refractivity contribution is 6.70. The monoisotopic (exact) mass is 304 g/mol. The van der Waals surface area contributed by atoms with Crippen molar-refractivity contribution < 1.29 is 13.6 Å². The van der Waals surface area contributed by atoms with Gasteiger partial charge in [-0.2, -0.15) is 0 Å². The molecule has 0 saturated heterocycles. The molecule has 1 rings (SSSR count). The molecule has 0 aromatic carbocycles. The third-order valence-corrected chi connectivity index (χ3v) is 5.62. The zero-order valence-corrected chi connectivity index (χ0v) is 16.2. The summed E-state index contributed by atoms with van der Waals surface area (Å²) in [4.78, 5) is 0. The van der Waals surface area contributed by atoms with E-state index in [9.17, 15) is 0 Å². The molecular formula is C14H32O3Si2. The molecule has 5 heteroatoms. The summed E-state index contributed by atoms with van der Waals surface area (Å²) in [7, 11) is -3.16. The van der Waals surface area contributed by atoms with Crippen LogP contribution in [0.5, 0.6) is 0 Å². The van der Waals surface area contributed by atoms with E-state index in [1.54, 1.807) is 0 Å². The number of rotatable bonds is 7. The van der Waals surface area contributed by atoms with E-state index >= 15 is 0 Å². The molecule has 0 heterocycles. The van der Waals surface area contributed by atoms with Gasteiger partial charge in [0.2, 0.25) is 0 Å². The van der Waals surface area contributed by atoms with Gasteiger partial charge in [0.25, 0.3) is 0 Å². The largest absolute Gasteiger partial charge is 0.414 e. The summed E-state index contributed by atoms with van der Waals surface area (Å²) in [6.45, 7) is 20.5. The van der Waals surface area contributed by atoms with Crippen molar-refractivity contribution in [2.45, 2.75) is 78.4 Å². The van der Waals surface area contributed by atoms with Crippen LogP contribution in [0.3, 0.4) is 0 Å². The quantitative estimate of drug-likeness (QED) is 0.520. The standard InChI is InChI=1S/C14H32O3Si2/c1-10-15-14(17-19(7,8)9)11-13(14,3)12(2)16-18(4,5)6/h12H,10-11H2,1-9H3. The minimum absolute atomic E-state index is 0.0103. The zero-order chi connectivity index (χ0) is 15.1. The van der Waals surface area contributed by atoms with E-state index in [1.165, 1.54) is 0 Å². The van der Waals surface area contributed by atoms with Crippen molar-refractivity contribution >= 4 is 16.6 Å². The molecule has 0 aliphatic heterocycles. The van der Waals surface area contributed by atoms with E-state index in [0.717, 1.165) is 6.42 Å². The third kappa shape index (κ3) is 4.14. The van der Waals surface area contributed by atoms with Gasteiger partial charge >= 0.3 is 0 Å². The molecular weight excluding hydrogens is 272 g/mol. The molecule has 0 aromatic heterocycles. The fraction of sp³-hybridized carbons (Fsp3) is 1.00. The van der Waals surface area contributed by atoms with Gasteiger partial charge in [0, 0.05) is 13.0 Å². The van der Waals surface area contributed by atoms with Gasteiger partial charge in [-0.3, -0.25) is 0 Å². The fourth-order valence-electron chi connectivity index (χ4n) is 2.68. The molecule has 3 atom stereocenters. The van der Waals surface area contributed by atoms with E-state index in [4.69, 9.17) is 13.6 Å². The predicted octanol–water partition coefficient (Wildman–Crippen LogP) is 4.22. The Bertz CT molecular complexity index is 322. The van der Waals surface area contributed by atoms with Crippen LogP contribution in [-0.2, 0) is 13.6 Å². The minimum Gasteiger partial charge on any atom is -0.414 e. The molecule has 1 aliphatic carbocycles. The Morgan fingerprint density at radius 2 is 1.58 bits per heavy atom. The first kappa shape index (κ1) is 17.4. The highest BCUT2D eigenvalue weighted by Crippen LogP contribution is 2.63. The average Bonchev–Trinajstić information content (AvgIpc) is 2.66. The smallest absolute Gasteiger partial charge is 0.187 e. The molecule has 0 radical (unpaired) electrons. The molecule has 3 nitrogen and oxygen atoms in total. The van der Waals surface area contributed by atoms with Crippen LogP contribution in [0.25, 0.3) is 0 Å². The predicted molar refractivity (Wildman–Crippen MR) is 85.4 cm³/mol. The van der Waals surface area contributed by atoms with Crippen LogP contribution in [0, 0.1) is 5.41 Å². The van der Waals surface area contributed by atoms with E-state index in [2.05, 4.69) is 53.1 Å². The van der Waals surface area contributed by atoms with Gasteiger partial charge in [0.1, 0.15) is 0 Å². The van der Waals surface area contributed by atoms with E-state index < -0.39 is 22.4 Å². The first-order valence-electron chi connectivity index (χ1n) is 7.37. The molecule has 19 heavy (non-hydrogen) atoms. The Kier molecular flexibility index (Phi) is 4.81. The lowest BCUT2D eigenvalue weighted by Gasteiger charge is -2.35. The van der Waals surface area contributed by atoms with Crippen molar-refractivity contribution in [1.82, 2.24) is 0 Å². The van der Waals surface area contributed by atoms with Gasteiger partial charge in [-0.15, -0.1) is 0 Å².